The second-order valence-electron chi connectivity index (χ2n) is 7.49. The first-order chi connectivity index (χ1) is 14.9. The highest BCUT2D eigenvalue weighted by Gasteiger charge is 2.44. The average Bonchev–Trinajstić information content (AvgIpc) is 3.09. The summed E-state index contributed by atoms with van der Waals surface area (Å²) < 4.78 is 0. The highest BCUT2D eigenvalue weighted by Crippen LogP contribution is 2.30. The Bertz CT molecular complexity index is 852. The van der Waals surface area contributed by atoms with Crippen LogP contribution in [0.5, 0.6) is 0 Å². The van der Waals surface area contributed by atoms with E-state index in [1.54, 1.807) is 6.19 Å². The van der Waals surface area contributed by atoms with E-state index in [4.69, 9.17) is 16.1 Å². The fourth-order valence-electron chi connectivity index (χ4n) is 3.58. The second kappa shape index (κ2) is 11.5. The van der Waals surface area contributed by atoms with Gasteiger partial charge >= 0.3 is 5.97 Å². The van der Waals surface area contributed by atoms with Crippen LogP contribution in [-0.4, -0.2) is 47.5 Å². The van der Waals surface area contributed by atoms with Crippen LogP contribution in [0.1, 0.15) is 43.2 Å². The Morgan fingerprint density at radius 2 is 1.68 bits per heavy atom. The number of aliphatic carboxylic acids is 1. The molecule has 0 unspecified atom stereocenters. The van der Waals surface area contributed by atoms with Crippen LogP contribution in [-0.2, 0) is 27.2 Å². The Labute approximate surface area is 180 Å². The highest BCUT2D eigenvalue weighted by atomic mass is 16.4. The molecule has 0 atom stereocenters. The van der Waals surface area contributed by atoms with E-state index in [1.165, 1.54) is 0 Å². The SMILES string of the molecule is N#C/N=C(/N)NCCCCNC(=O)C1(NC(=O)CCCC(=O)O)Cc2ccccc2C1. The quantitative estimate of drug-likeness (QED) is 0.145. The third kappa shape index (κ3) is 7.29. The number of unbranched alkanes of at least 4 members (excludes halogenated alkanes) is 1. The fourth-order valence-corrected chi connectivity index (χ4v) is 3.58. The van der Waals surface area contributed by atoms with Crippen LogP contribution in [0.25, 0.3) is 0 Å². The zero-order valence-corrected chi connectivity index (χ0v) is 17.3. The van der Waals surface area contributed by atoms with Crippen molar-refractivity contribution in [2.45, 2.75) is 50.5 Å². The van der Waals surface area contributed by atoms with Crippen LogP contribution in [0.3, 0.4) is 0 Å². The maximum absolute atomic E-state index is 13.1. The molecule has 1 aliphatic carbocycles. The minimum atomic E-state index is -1.08. The van der Waals surface area contributed by atoms with Crippen molar-refractivity contribution < 1.29 is 19.5 Å². The molecule has 0 heterocycles. The number of guanidine groups is 1. The number of nitrogens with one attached hydrogen (secondary N) is 3. The smallest absolute Gasteiger partial charge is 0.303 e. The van der Waals surface area contributed by atoms with Gasteiger partial charge in [0.15, 0.2) is 0 Å². The van der Waals surface area contributed by atoms with Crippen molar-refractivity contribution in [2.24, 2.45) is 10.7 Å². The van der Waals surface area contributed by atoms with E-state index in [1.807, 2.05) is 24.3 Å². The van der Waals surface area contributed by atoms with Gasteiger partial charge in [0.2, 0.25) is 24.0 Å². The van der Waals surface area contributed by atoms with E-state index in [2.05, 4.69) is 20.9 Å². The topological polar surface area (TPSA) is 170 Å². The van der Waals surface area contributed by atoms with Crippen LogP contribution in [0.15, 0.2) is 29.3 Å². The largest absolute Gasteiger partial charge is 0.481 e. The molecular formula is C21H28N6O4. The molecule has 0 aliphatic heterocycles. The average molecular weight is 428 g/mol. The minimum absolute atomic E-state index is 0.0506. The Morgan fingerprint density at radius 3 is 2.26 bits per heavy atom. The summed E-state index contributed by atoms with van der Waals surface area (Å²) in [7, 11) is 0. The number of carboxylic acid groups (broad SMARTS) is 1. The summed E-state index contributed by atoms with van der Waals surface area (Å²) in [5.41, 5.74) is 6.41. The molecule has 0 saturated heterocycles. The molecular weight excluding hydrogens is 400 g/mol. The maximum atomic E-state index is 13.1. The lowest BCUT2D eigenvalue weighted by atomic mass is 9.93. The summed E-state index contributed by atoms with van der Waals surface area (Å²) in [6.07, 6.45) is 3.93. The predicted octanol–water partition coefficient (Wildman–Crippen LogP) is 0.177. The maximum Gasteiger partial charge on any atom is 0.303 e. The molecule has 2 rings (SSSR count). The summed E-state index contributed by atoms with van der Waals surface area (Å²) >= 11 is 0. The van der Waals surface area contributed by atoms with Gasteiger partial charge in [-0.1, -0.05) is 24.3 Å². The Balaban J connectivity index is 1.91. The van der Waals surface area contributed by atoms with Crippen molar-refractivity contribution in [3.05, 3.63) is 35.4 Å². The number of nitrogens with zero attached hydrogens (tertiary/aromatic N) is 2. The third-order valence-corrected chi connectivity index (χ3v) is 5.08. The van der Waals surface area contributed by atoms with Crippen LogP contribution in [0.2, 0.25) is 0 Å². The molecule has 0 fully saturated rings. The van der Waals surface area contributed by atoms with Crippen LogP contribution >= 0.6 is 0 Å². The first-order valence-corrected chi connectivity index (χ1v) is 10.2. The van der Waals surface area contributed by atoms with Crippen molar-refractivity contribution >= 4 is 23.7 Å². The van der Waals surface area contributed by atoms with E-state index >= 15 is 0 Å². The van der Waals surface area contributed by atoms with Gasteiger partial charge in [-0.15, -0.1) is 4.99 Å². The number of fused-ring (bicyclic) bond motifs is 1. The number of amides is 2. The number of aliphatic imine (C=N–C) groups is 1. The third-order valence-electron chi connectivity index (χ3n) is 5.08. The Morgan fingerprint density at radius 1 is 1.06 bits per heavy atom. The van der Waals surface area contributed by atoms with Gasteiger partial charge in [0.05, 0.1) is 0 Å². The van der Waals surface area contributed by atoms with Crippen molar-refractivity contribution in [2.75, 3.05) is 13.1 Å². The lowest BCUT2D eigenvalue weighted by Gasteiger charge is -2.29. The zero-order chi connectivity index (χ0) is 22.7. The van der Waals surface area contributed by atoms with E-state index in [9.17, 15) is 14.4 Å². The summed E-state index contributed by atoms with van der Waals surface area (Å²) in [4.78, 5) is 39.5. The molecule has 10 nitrogen and oxygen atoms in total. The Kier molecular flexibility index (Phi) is 8.81. The molecule has 0 spiro atoms. The van der Waals surface area contributed by atoms with Crippen molar-refractivity contribution in [1.82, 2.24) is 16.0 Å². The monoisotopic (exact) mass is 428 g/mol. The first kappa shape index (κ1) is 23.7. The summed E-state index contributed by atoms with van der Waals surface area (Å²) in [6, 6.07) is 7.69. The molecule has 10 heteroatoms. The lowest BCUT2D eigenvalue weighted by molar-refractivity contribution is -0.137. The number of carbonyl (C=O) groups excluding carboxylic acids is 2. The van der Waals surface area contributed by atoms with E-state index in [0.29, 0.717) is 38.8 Å². The number of carboxylic acids is 1. The standard InChI is InChI=1S/C21H28N6O4/c22-14-26-20(23)25-11-4-3-10-24-19(31)21(27-17(28)8-5-9-18(29)30)12-15-6-1-2-7-16(15)13-21/h1-2,6-7H,3-5,8-13H2,(H,24,31)(H,27,28)(H,29,30)(H3,23,25,26). The van der Waals surface area contributed by atoms with Gasteiger partial charge in [0.25, 0.3) is 0 Å². The number of hydrogen-bond donors (Lipinski definition) is 5. The van der Waals surface area contributed by atoms with Crippen LogP contribution in [0, 0.1) is 11.5 Å². The van der Waals surface area contributed by atoms with Crippen molar-refractivity contribution in [3.8, 4) is 6.19 Å². The number of hydrogen-bond acceptors (Lipinski definition) is 5. The molecule has 2 amide bonds. The van der Waals surface area contributed by atoms with E-state index < -0.39 is 11.5 Å². The van der Waals surface area contributed by atoms with Gasteiger partial charge in [0.1, 0.15) is 5.54 Å². The van der Waals surface area contributed by atoms with E-state index in [0.717, 1.165) is 11.1 Å². The van der Waals surface area contributed by atoms with Crippen LogP contribution < -0.4 is 21.7 Å². The Hall–Kier alpha value is -3.61. The fraction of sp³-hybridized carbons (Fsp3) is 0.476. The molecule has 6 N–H and O–H groups in total. The minimum Gasteiger partial charge on any atom is -0.481 e. The molecule has 31 heavy (non-hydrogen) atoms. The van der Waals surface area contributed by atoms with Gasteiger partial charge in [0, 0.05) is 38.8 Å². The van der Waals surface area contributed by atoms with Crippen LogP contribution in [0.4, 0.5) is 0 Å². The highest BCUT2D eigenvalue weighted by molar-refractivity contribution is 5.93. The van der Waals surface area contributed by atoms with E-state index in [-0.39, 0.29) is 37.0 Å². The lowest BCUT2D eigenvalue weighted by Crippen LogP contribution is -2.59. The molecule has 1 aromatic carbocycles. The van der Waals surface area contributed by atoms with Gasteiger partial charge in [-0.3, -0.25) is 14.4 Å². The summed E-state index contributed by atoms with van der Waals surface area (Å²) in [6.45, 7) is 0.937. The predicted molar refractivity (Wildman–Crippen MR) is 114 cm³/mol. The molecule has 0 saturated carbocycles. The van der Waals surface area contributed by atoms with Gasteiger partial charge in [-0.2, -0.15) is 5.26 Å². The van der Waals surface area contributed by atoms with Gasteiger partial charge in [-0.25, -0.2) is 0 Å². The number of nitrogens with two attached hydrogens (primary N) is 1. The summed E-state index contributed by atoms with van der Waals surface area (Å²) in [5.74, 6) is -1.49. The number of rotatable bonds is 11. The zero-order valence-electron chi connectivity index (χ0n) is 17.3. The van der Waals surface area contributed by atoms with Gasteiger partial charge < -0.3 is 26.8 Å². The summed E-state index contributed by atoms with van der Waals surface area (Å²) in [5, 5.41) is 25.7. The molecule has 166 valence electrons. The molecule has 0 aromatic heterocycles. The van der Waals surface area contributed by atoms with Crippen molar-refractivity contribution in [1.29, 1.82) is 5.26 Å². The first-order valence-electron chi connectivity index (χ1n) is 10.2. The number of benzene rings is 1. The molecule has 1 aliphatic rings. The molecule has 1 aromatic rings. The number of carbonyl (C=O) groups is 3. The molecule has 0 bridgehead atoms. The molecule has 0 radical (unpaired) electrons. The van der Waals surface area contributed by atoms with Gasteiger partial charge in [-0.05, 0) is 30.4 Å². The number of nitriles is 1. The van der Waals surface area contributed by atoms with Crippen molar-refractivity contribution in [3.63, 3.8) is 0 Å². The second-order valence-corrected chi connectivity index (χ2v) is 7.49. The normalized spacial score (nSPS) is 14.2.